The van der Waals surface area contributed by atoms with Gasteiger partial charge in [0.1, 0.15) is 6.07 Å². The summed E-state index contributed by atoms with van der Waals surface area (Å²) in [5.74, 6) is 0. The summed E-state index contributed by atoms with van der Waals surface area (Å²) in [5.41, 5.74) is -0.696. The number of β-amino-alcohol motifs (C(OH)–C–C–N with tert-alkyl or cyclic N) is 1. The molecule has 5 nitrogen and oxygen atoms in total. The number of rotatable bonds is 3. The Morgan fingerprint density at radius 1 is 1.53 bits per heavy atom. The Bertz CT molecular complexity index is 645. The number of nitriles is 1. The van der Waals surface area contributed by atoms with Gasteiger partial charge in [0.25, 0.3) is 0 Å². The first-order valence-corrected chi connectivity index (χ1v) is 7.56. The van der Waals surface area contributed by atoms with Crippen LogP contribution in [0.2, 0.25) is 5.02 Å². The van der Waals surface area contributed by atoms with Crippen molar-refractivity contribution in [3.63, 3.8) is 0 Å². The van der Waals surface area contributed by atoms with E-state index in [0.717, 1.165) is 0 Å². The lowest BCUT2D eigenvalue weighted by molar-refractivity contribution is -0.0613. The van der Waals surface area contributed by atoms with E-state index in [1.165, 1.54) is 22.5 Å². The lowest BCUT2D eigenvalue weighted by Gasteiger charge is -2.44. The van der Waals surface area contributed by atoms with Crippen LogP contribution in [0.1, 0.15) is 18.9 Å². The molecule has 0 bridgehead atoms. The third-order valence-electron chi connectivity index (χ3n) is 3.30. The van der Waals surface area contributed by atoms with E-state index in [4.69, 9.17) is 16.9 Å². The maximum absolute atomic E-state index is 12.2. The zero-order valence-electron chi connectivity index (χ0n) is 10.3. The van der Waals surface area contributed by atoms with Crippen molar-refractivity contribution >= 4 is 21.6 Å². The fourth-order valence-corrected chi connectivity index (χ4v) is 3.81. The van der Waals surface area contributed by atoms with Gasteiger partial charge in [-0.3, -0.25) is 0 Å². The summed E-state index contributed by atoms with van der Waals surface area (Å²) in [7, 11) is -3.65. The van der Waals surface area contributed by atoms with Gasteiger partial charge in [-0.25, -0.2) is 8.42 Å². The quantitative estimate of drug-likeness (QED) is 0.914. The van der Waals surface area contributed by atoms with Crippen LogP contribution in [0.4, 0.5) is 0 Å². The number of sulfonamides is 1. The van der Waals surface area contributed by atoms with Gasteiger partial charge in [-0.05, 0) is 24.6 Å². The van der Waals surface area contributed by atoms with Gasteiger partial charge < -0.3 is 5.11 Å². The van der Waals surface area contributed by atoms with E-state index in [1.807, 2.05) is 13.0 Å². The second-order valence-corrected chi connectivity index (χ2v) is 6.95. The van der Waals surface area contributed by atoms with E-state index in [-0.39, 0.29) is 28.6 Å². The van der Waals surface area contributed by atoms with Crippen LogP contribution in [0.3, 0.4) is 0 Å². The first kappa shape index (κ1) is 14.3. The predicted molar refractivity (Wildman–Crippen MR) is 70.2 cm³/mol. The van der Waals surface area contributed by atoms with E-state index in [0.29, 0.717) is 6.42 Å². The van der Waals surface area contributed by atoms with Gasteiger partial charge in [0.15, 0.2) is 0 Å². The molecule has 0 spiro atoms. The maximum Gasteiger partial charge on any atom is 0.243 e. The number of hydrogen-bond acceptors (Lipinski definition) is 4. The Hall–Kier alpha value is -1.13. The Labute approximate surface area is 117 Å². The molecule has 1 fully saturated rings. The zero-order valence-corrected chi connectivity index (χ0v) is 11.9. The molecule has 2 rings (SSSR count). The number of hydrogen-bond donors (Lipinski definition) is 1. The highest BCUT2D eigenvalue weighted by Crippen LogP contribution is 2.31. The molecule has 1 heterocycles. The molecule has 1 aliphatic rings. The molecule has 7 heteroatoms. The first-order chi connectivity index (χ1) is 8.82. The van der Waals surface area contributed by atoms with Crippen LogP contribution in [0.5, 0.6) is 0 Å². The molecule has 1 aliphatic heterocycles. The number of aliphatic hydroxyl groups is 1. The molecule has 0 unspecified atom stereocenters. The molecule has 0 aliphatic carbocycles. The fourth-order valence-electron chi connectivity index (χ4n) is 1.90. The van der Waals surface area contributed by atoms with Gasteiger partial charge in [0, 0.05) is 13.1 Å². The van der Waals surface area contributed by atoms with Gasteiger partial charge in [-0.1, -0.05) is 18.5 Å². The van der Waals surface area contributed by atoms with Crippen LogP contribution < -0.4 is 0 Å². The highest BCUT2D eigenvalue weighted by Gasteiger charge is 2.46. The van der Waals surface area contributed by atoms with Gasteiger partial charge in [0.2, 0.25) is 10.0 Å². The molecule has 1 aromatic rings. The SMILES string of the molecule is CCC1(O)CN(S(=O)(=O)c2ccc(C#N)c(Cl)c2)C1. The molecule has 0 saturated carbocycles. The minimum Gasteiger partial charge on any atom is -0.387 e. The smallest absolute Gasteiger partial charge is 0.243 e. The largest absolute Gasteiger partial charge is 0.387 e. The number of benzene rings is 1. The third-order valence-corrected chi connectivity index (χ3v) is 5.40. The van der Waals surface area contributed by atoms with Crippen LogP contribution >= 0.6 is 11.6 Å². The topological polar surface area (TPSA) is 81.4 Å². The maximum atomic E-state index is 12.2. The van der Waals surface area contributed by atoms with Crippen molar-refractivity contribution in [3.8, 4) is 6.07 Å². The lowest BCUT2D eigenvalue weighted by Crippen LogP contribution is -2.62. The molecule has 1 N–H and O–H groups in total. The van der Waals surface area contributed by atoms with Crippen molar-refractivity contribution in [2.75, 3.05) is 13.1 Å². The lowest BCUT2D eigenvalue weighted by atomic mass is 9.94. The standard InChI is InChI=1S/C12H13ClN2O3S/c1-2-12(16)7-15(8-12)19(17,18)10-4-3-9(6-14)11(13)5-10/h3-5,16H,2,7-8H2,1H3. The first-order valence-electron chi connectivity index (χ1n) is 5.74. The highest BCUT2D eigenvalue weighted by atomic mass is 35.5. The average Bonchev–Trinajstić information content (AvgIpc) is 2.34. The minimum atomic E-state index is -3.65. The minimum absolute atomic E-state index is 0.0367. The van der Waals surface area contributed by atoms with Crippen molar-refractivity contribution in [3.05, 3.63) is 28.8 Å². The highest BCUT2D eigenvalue weighted by molar-refractivity contribution is 7.89. The van der Waals surface area contributed by atoms with Gasteiger partial charge >= 0.3 is 0 Å². The Kier molecular flexibility index (Phi) is 3.58. The van der Waals surface area contributed by atoms with Crippen LogP contribution in [-0.2, 0) is 10.0 Å². The summed E-state index contributed by atoms with van der Waals surface area (Å²) in [5, 5.41) is 18.7. The molecule has 0 radical (unpaired) electrons. The second kappa shape index (κ2) is 4.76. The molecule has 0 aromatic heterocycles. The summed E-state index contributed by atoms with van der Waals surface area (Å²) in [4.78, 5) is 0.0367. The third kappa shape index (κ3) is 2.47. The summed E-state index contributed by atoms with van der Waals surface area (Å²) in [6, 6.07) is 5.86. The van der Waals surface area contributed by atoms with E-state index < -0.39 is 15.6 Å². The van der Waals surface area contributed by atoms with Crippen LogP contribution in [0.25, 0.3) is 0 Å². The fraction of sp³-hybridized carbons (Fsp3) is 0.417. The van der Waals surface area contributed by atoms with Crippen molar-refractivity contribution < 1.29 is 13.5 Å². The van der Waals surface area contributed by atoms with E-state index in [9.17, 15) is 13.5 Å². The van der Waals surface area contributed by atoms with Crippen molar-refractivity contribution in [2.45, 2.75) is 23.8 Å². The monoisotopic (exact) mass is 300 g/mol. The van der Waals surface area contributed by atoms with Gasteiger partial charge in [0.05, 0.1) is 21.1 Å². The zero-order chi connectivity index (χ0) is 14.3. The Morgan fingerprint density at radius 3 is 2.63 bits per heavy atom. The second-order valence-electron chi connectivity index (χ2n) is 4.60. The normalized spacial score (nSPS) is 18.6. The van der Waals surface area contributed by atoms with Crippen LogP contribution in [0.15, 0.2) is 23.1 Å². The predicted octanol–water partition coefficient (Wildman–Crippen LogP) is 1.36. The summed E-state index contributed by atoms with van der Waals surface area (Å²) in [6.45, 7) is 1.98. The molecule has 19 heavy (non-hydrogen) atoms. The summed E-state index contributed by atoms with van der Waals surface area (Å²) in [6.07, 6.45) is 0.507. The van der Waals surface area contributed by atoms with Gasteiger partial charge in [-0.15, -0.1) is 0 Å². The Balaban J connectivity index is 2.28. The van der Waals surface area contributed by atoms with Crippen LogP contribution in [-0.4, -0.2) is 36.5 Å². The van der Waals surface area contributed by atoms with Gasteiger partial charge in [-0.2, -0.15) is 9.57 Å². The summed E-state index contributed by atoms with van der Waals surface area (Å²) >= 11 is 5.83. The number of halogens is 1. The average molecular weight is 301 g/mol. The molecule has 1 saturated heterocycles. The molecule has 0 atom stereocenters. The van der Waals surface area contributed by atoms with Crippen molar-refractivity contribution in [2.24, 2.45) is 0 Å². The van der Waals surface area contributed by atoms with E-state index in [2.05, 4.69) is 0 Å². The molecular formula is C12H13ClN2O3S. The summed E-state index contributed by atoms with van der Waals surface area (Å²) < 4.78 is 25.7. The van der Waals surface area contributed by atoms with Crippen molar-refractivity contribution in [1.82, 2.24) is 4.31 Å². The van der Waals surface area contributed by atoms with Crippen molar-refractivity contribution in [1.29, 1.82) is 5.26 Å². The number of nitrogens with zero attached hydrogens (tertiary/aromatic N) is 2. The van der Waals surface area contributed by atoms with Crippen LogP contribution in [0, 0.1) is 11.3 Å². The molecule has 1 aromatic carbocycles. The van der Waals surface area contributed by atoms with E-state index >= 15 is 0 Å². The molecular weight excluding hydrogens is 288 g/mol. The molecule has 102 valence electrons. The Morgan fingerprint density at radius 2 is 2.16 bits per heavy atom. The van der Waals surface area contributed by atoms with E-state index in [1.54, 1.807) is 0 Å². The molecule has 0 amide bonds.